The van der Waals surface area contributed by atoms with Gasteiger partial charge in [-0.15, -0.1) is 0 Å². The van der Waals surface area contributed by atoms with Gasteiger partial charge in [0, 0.05) is 30.4 Å². The minimum absolute atomic E-state index is 0.485. The van der Waals surface area contributed by atoms with Crippen molar-refractivity contribution in [2.24, 2.45) is 5.92 Å². The second-order valence-corrected chi connectivity index (χ2v) is 6.76. The molecule has 0 aromatic rings. The molecule has 3 nitrogen and oxygen atoms in total. The molecule has 0 radical (unpaired) electrons. The summed E-state index contributed by atoms with van der Waals surface area (Å²) in [5, 5.41) is 12.1. The first-order valence-electron chi connectivity index (χ1n) is 8.52. The van der Waals surface area contributed by atoms with Crippen molar-refractivity contribution in [3.63, 3.8) is 0 Å². The van der Waals surface area contributed by atoms with Crippen LogP contribution in [0.15, 0.2) is 23.9 Å². The van der Waals surface area contributed by atoms with E-state index in [1.807, 2.05) is 13.0 Å². The van der Waals surface area contributed by atoms with Crippen LogP contribution in [0.1, 0.15) is 59.3 Å². The quantitative estimate of drug-likeness (QED) is 0.439. The molecule has 0 aromatic heterocycles. The largest absolute Gasteiger partial charge is 0.382 e. The summed E-state index contributed by atoms with van der Waals surface area (Å²) in [7, 11) is 0. The van der Waals surface area contributed by atoms with E-state index in [9.17, 15) is 0 Å². The van der Waals surface area contributed by atoms with Crippen molar-refractivity contribution in [3.05, 3.63) is 23.9 Å². The molecule has 1 aliphatic carbocycles. The van der Waals surface area contributed by atoms with Crippen LogP contribution < -0.4 is 5.32 Å². The van der Waals surface area contributed by atoms with Gasteiger partial charge in [-0.05, 0) is 63.9 Å². The molecule has 3 heteroatoms. The molecule has 118 valence electrons. The van der Waals surface area contributed by atoms with Crippen LogP contribution in [0, 0.1) is 11.3 Å². The summed E-state index contributed by atoms with van der Waals surface area (Å²) >= 11 is 0. The molecule has 0 aromatic carbocycles. The zero-order chi connectivity index (χ0) is 15.4. The summed E-state index contributed by atoms with van der Waals surface area (Å²) in [5.41, 5.74) is 2.08. The molecule has 2 aliphatic rings. The Hall–Kier alpha value is -1.25. The lowest BCUT2D eigenvalue weighted by Crippen LogP contribution is -2.41. The molecule has 2 unspecified atom stereocenters. The van der Waals surface area contributed by atoms with Crippen LogP contribution in [0.4, 0.5) is 0 Å². The molecule has 21 heavy (non-hydrogen) atoms. The topological polar surface area (TPSA) is 39.1 Å². The van der Waals surface area contributed by atoms with Crippen LogP contribution in [0.25, 0.3) is 0 Å². The molecule has 0 bridgehead atoms. The van der Waals surface area contributed by atoms with Crippen LogP contribution in [0.2, 0.25) is 0 Å². The SMILES string of the molecule is C=C(C)/C(=C/C(=N)N1CCCCC1C)NC(CC)C1CC1. The van der Waals surface area contributed by atoms with Gasteiger partial charge in [0.15, 0.2) is 0 Å². The van der Waals surface area contributed by atoms with Gasteiger partial charge in [0.2, 0.25) is 0 Å². The molecule has 2 fully saturated rings. The zero-order valence-corrected chi connectivity index (χ0v) is 13.9. The number of hydrogen-bond acceptors (Lipinski definition) is 2. The molecule has 2 atom stereocenters. The summed E-state index contributed by atoms with van der Waals surface area (Å²) in [6.45, 7) is 11.6. The normalized spacial score (nSPS) is 24.6. The van der Waals surface area contributed by atoms with Crippen molar-refractivity contribution >= 4 is 5.84 Å². The average Bonchev–Trinajstić information content (AvgIpc) is 3.27. The lowest BCUT2D eigenvalue weighted by Gasteiger charge is -2.35. The summed E-state index contributed by atoms with van der Waals surface area (Å²) < 4.78 is 0. The van der Waals surface area contributed by atoms with Gasteiger partial charge in [-0.25, -0.2) is 0 Å². The second-order valence-electron chi connectivity index (χ2n) is 6.76. The summed E-state index contributed by atoms with van der Waals surface area (Å²) in [5.74, 6) is 1.46. The van der Waals surface area contributed by atoms with Gasteiger partial charge in [0.1, 0.15) is 5.84 Å². The van der Waals surface area contributed by atoms with E-state index in [1.54, 1.807) is 0 Å². The van der Waals surface area contributed by atoms with Gasteiger partial charge in [0.25, 0.3) is 0 Å². The minimum atomic E-state index is 0.485. The number of piperidine rings is 1. The molecule has 1 saturated carbocycles. The number of amidine groups is 1. The molecule has 1 aliphatic heterocycles. The van der Waals surface area contributed by atoms with Crippen molar-refractivity contribution in [3.8, 4) is 0 Å². The maximum Gasteiger partial charge on any atom is 0.122 e. The number of rotatable bonds is 6. The van der Waals surface area contributed by atoms with Crippen molar-refractivity contribution in [1.29, 1.82) is 5.41 Å². The Morgan fingerprint density at radius 1 is 1.38 bits per heavy atom. The minimum Gasteiger partial charge on any atom is -0.382 e. The standard InChI is InChI=1S/C18H31N3/c1-5-16(15-9-10-15)20-17(13(2)3)12-18(19)21-11-7-6-8-14(21)4/h12,14-16,19-20H,2,5-11H2,1,3-4H3/b17-12-,19-18?. The number of hydrogen-bond donors (Lipinski definition) is 2. The first-order valence-corrected chi connectivity index (χ1v) is 8.52. The Kier molecular flexibility index (Phi) is 5.49. The number of nitrogens with zero attached hydrogens (tertiary/aromatic N) is 1. The van der Waals surface area contributed by atoms with Crippen LogP contribution in [0.5, 0.6) is 0 Å². The van der Waals surface area contributed by atoms with E-state index in [4.69, 9.17) is 5.41 Å². The fraction of sp³-hybridized carbons (Fsp3) is 0.722. The van der Waals surface area contributed by atoms with Gasteiger partial charge in [-0.3, -0.25) is 5.41 Å². The fourth-order valence-corrected chi connectivity index (χ4v) is 3.22. The monoisotopic (exact) mass is 289 g/mol. The van der Waals surface area contributed by atoms with Gasteiger partial charge in [-0.2, -0.15) is 0 Å². The van der Waals surface area contributed by atoms with E-state index < -0.39 is 0 Å². The third kappa shape index (κ3) is 4.36. The van der Waals surface area contributed by atoms with E-state index in [2.05, 4.69) is 30.6 Å². The maximum absolute atomic E-state index is 8.43. The highest BCUT2D eigenvalue weighted by Crippen LogP contribution is 2.34. The van der Waals surface area contributed by atoms with Crippen molar-refractivity contribution in [2.75, 3.05) is 6.54 Å². The van der Waals surface area contributed by atoms with E-state index in [0.29, 0.717) is 17.9 Å². The highest BCUT2D eigenvalue weighted by Gasteiger charge is 2.30. The van der Waals surface area contributed by atoms with Crippen LogP contribution >= 0.6 is 0 Å². The van der Waals surface area contributed by atoms with Crippen molar-refractivity contribution in [1.82, 2.24) is 10.2 Å². The molecule has 0 amide bonds. The smallest absolute Gasteiger partial charge is 0.122 e. The van der Waals surface area contributed by atoms with E-state index in [1.165, 1.54) is 32.1 Å². The van der Waals surface area contributed by atoms with Gasteiger partial charge in [-0.1, -0.05) is 13.5 Å². The van der Waals surface area contributed by atoms with E-state index >= 15 is 0 Å². The molecule has 2 N–H and O–H groups in total. The predicted molar refractivity (Wildman–Crippen MR) is 90.6 cm³/mol. The molecule has 2 rings (SSSR count). The highest BCUT2D eigenvalue weighted by atomic mass is 15.2. The molecule has 1 saturated heterocycles. The maximum atomic E-state index is 8.43. The number of allylic oxidation sites excluding steroid dienone is 1. The van der Waals surface area contributed by atoms with Crippen molar-refractivity contribution in [2.45, 2.75) is 71.4 Å². The first-order chi connectivity index (χ1) is 10.0. The van der Waals surface area contributed by atoms with E-state index in [-0.39, 0.29) is 0 Å². The summed E-state index contributed by atoms with van der Waals surface area (Å²) in [6, 6.07) is 1.03. The summed E-state index contributed by atoms with van der Waals surface area (Å²) in [6.07, 6.45) is 9.52. The van der Waals surface area contributed by atoms with Gasteiger partial charge < -0.3 is 10.2 Å². The molecular weight excluding hydrogens is 258 g/mol. The fourth-order valence-electron chi connectivity index (χ4n) is 3.22. The molecular formula is C18H31N3. The third-order valence-corrected chi connectivity index (χ3v) is 4.83. The lowest BCUT2D eigenvalue weighted by molar-refractivity contribution is 0.258. The van der Waals surface area contributed by atoms with Gasteiger partial charge >= 0.3 is 0 Å². The molecule has 0 spiro atoms. The van der Waals surface area contributed by atoms with E-state index in [0.717, 1.165) is 30.2 Å². The lowest BCUT2D eigenvalue weighted by atomic mass is 10.0. The first kappa shape index (κ1) is 16.1. The van der Waals surface area contributed by atoms with Gasteiger partial charge in [0.05, 0.1) is 0 Å². The third-order valence-electron chi connectivity index (χ3n) is 4.83. The zero-order valence-electron chi connectivity index (χ0n) is 13.9. The summed E-state index contributed by atoms with van der Waals surface area (Å²) in [4.78, 5) is 2.23. The van der Waals surface area contributed by atoms with Crippen LogP contribution in [-0.4, -0.2) is 29.4 Å². The van der Waals surface area contributed by atoms with Crippen molar-refractivity contribution < 1.29 is 0 Å². The highest BCUT2D eigenvalue weighted by molar-refractivity contribution is 5.91. The van der Waals surface area contributed by atoms with Crippen LogP contribution in [-0.2, 0) is 0 Å². The predicted octanol–water partition coefficient (Wildman–Crippen LogP) is 4.08. The second kappa shape index (κ2) is 7.15. The Labute approximate surface area is 130 Å². The van der Waals surface area contributed by atoms with Crippen LogP contribution in [0.3, 0.4) is 0 Å². The number of nitrogens with one attached hydrogen (secondary N) is 2. The Balaban J connectivity index is 2.05. The molecule has 1 heterocycles. The Morgan fingerprint density at radius 3 is 2.62 bits per heavy atom. The Morgan fingerprint density at radius 2 is 2.10 bits per heavy atom. The Bertz CT molecular complexity index is 420. The number of likely N-dealkylation sites (tertiary alicyclic amines) is 1. The average molecular weight is 289 g/mol.